The van der Waals surface area contributed by atoms with Crippen LogP contribution < -0.4 is 14.2 Å². The molecule has 3 rings (SSSR count). The van der Waals surface area contributed by atoms with Crippen molar-refractivity contribution in [1.82, 2.24) is 4.90 Å². The SMILES string of the molecule is COc1ccccc1CN(CCc1ccc(OC)c(OC)c1)C(=O)c1ccc(F)cc1. The zero-order valence-corrected chi connectivity index (χ0v) is 17.9. The summed E-state index contributed by atoms with van der Waals surface area (Å²) < 4.78 is 29.5. The van der Waals surface area contributed by atoms with Gasteiger partial charge in [-0.1, -0.05) is 24.3 Å². The number of ether oxygens (including phenoxy) is 3. The molecular weight excluding hydrogens is 397 g/mol. The number of carbonyl (C=O) groups is 1. The number of benzene rings is 3. The van der Waals surface area contributed by atoms with Crippen LogP contribution in [-0.2, 0) is 13.0 Å². The van der Waals surface area contributed by atoms with Gasteiger partial charge < -0.3 is 19.1 Å². The summed E-state index contributed by atoms with van der Waals surface area (Å²) in [5.74, 6) is 1.45. The summed E-state index contributed by atoms with van der Waals surface area (Å²) >= 11 is 0. The van der Waals surface area contributed by atoms with E-state index in [1.54, 1.807) is 26.2 Å². The molecule has 0 unspecified atom stereocenters. The number of hydrogen-bond donors (Lipinski definition) is 0. The van der Waals surface area contributed by atoms with E-state index >= 15 is 0 Å². The average molecular weight is 423 g/mol. The highest BCUT2D eigenvalue weighted by Crippen LogP contribution is 2.28. The van der Waals surface area contributed by atoms with Gasteiger partial charge >= 0.3 is 0 Å². The Hall–Kier alpha value is -3.54. The Morgan fingerprint density at radius 1 is 0.839 bits per heavy atom. The fourth-order valence-corrected chi connectivity index (χ4v) is 3.37. The largest absolute Gasteiger partial charge is 0.496 e. The Kier molecular flexibility index (Phi) is 7.49. The first-order chi connectivity index (χ1) is 15.0. The molecule has 0 radical (unpaired) electrons. The summed E-state index contributed by atoms with van der Waals surface area (Å²) in [6.07, 6.45) is 0.614. The number of amides is 1. The predicted octanol–water partition coefficient (Wildman–Crippen LogP) is 4.74. The molecule has 0 bridgehead atoms. The minimum Gasteiger partial charge on any atom is -0.496 e. The molecule has 1 amide bonds. The molecule has 6 heteroatoms. The molecule has 3 aromatic carbocycles. The van der Waals surface area contributed by atoms with E-state index in [0.29, 0.717) is 42.3 Å². The molecule has 0 aromatic heterocycles. The van der Waals surface area contributed by atoms with Crippen molar-refractivity contribution in [3.8, 4) is 17.2 Å². The molecule has 0 aliphatic rings. The summed E-state index contributed by atoms with van der Waals surface area (Å²) in [7, 11) is 4.79. The van der Waals surface area contributed by atoms with Gasteiger partial charge in [0, 0.05) is 24.2 Å². The monoisotopic (exact) mass is 423 g/mol. The highest BCUT2D eigenvalue weighted by Gasteiger charge is 2.18. The smallest absolute Gasteiger partial charge is 0.254 e. The Morgan fingerprint density at radius 3 is 2.19 bits per heavy atom. The van der Waals surface area contributed by atoms with E-state index in [2.05, 4.69) is 0 Å². The predicted molar refractivity (Wildman–Crippen MR) is 117 cm³/mol. The van der Waals surface area contributed by atoms with Gasteiger partial charge in [0.15, 0.2) is 11.5 Å². The van der Waals surface area contributed by atoms with Gasteiger partial charge in [-0.25, -0.2) is 4.39 Å². The maximum Gasteiger partial charge on any atom is 0.254 e. The second kappa shape index (κ2) is 10.5. The van der Waals surface area contributed by atoms with Crippen LogP contribution in [0.5, 0.6) is 17.2 Å². The maximum atomic E-state index is 13.3. The van der Waals surface area contributed by atoms with Crippen LogP contribution in [0.3, 0.4) is 0 Å². The zero-order valence-electron chi connectivity index (χ0n) is 17.9. The summed E-state index contributed by atoms with van der Waals surface area (Å²) in [6, 6.07) is 18.9. The first kappa shape index (κ1) is 22.2. The maximum absolute atomic E-state index is 13.3. The fourth-order valence-electron chi connectivity index (χ4n) is 3.37. The molecule has 0 saturated heterocycles. The minimum absolute atomic E-state index is 0.175. The average Bonchev–Trinajstić information content (AvgIpc) is 2.81. The molecule has 0 heterocycles. The molecule has 0 aliphatic carbocycles. The van der Waals surface area contributed by atoms with Crippen molar-refractivity contribution < 1.29 is 23.4 Å². The molecule has 31 heavy (non-hydrogen) atoms. The van der Waals surface area contributed by atoms with E-state index in [9.17, 15) is 9.18 Å². The second-order valence-corrected chi connectivity index (χ2v) is 6.98. The molecule has 0 atom stereocenters. The van der Waals surface area contributed by atoms with Gasteiger partial charge in [0.05, 0.1) is 21.3 Å². The highest BCUT2D eigenvalue weighted by molar-refractivity contribution is 5.94. The van der Waals surface area contributed by atoms with Crippen LogP contribution in [0.1, 0.15) is 21.5 Å². The van der Waals surface area contributed by atoms with Crippen LogP contribution in [-0.4, -0.2) is 38.7 Å². The van der Waals surface area contributed by atoms with Crippen molar-refractivity contribution in [2.45, 2.75) is 13.0 Å². The summed E-state index contributed by atoms with van der Waals surface area (Å²) in [5, 5.41) is 0. The number of hydrogen-bond acceptors (Lipinski definition) is 4. The number of nitrogens with zero attached hydrogens (tertiary/aromatic N) is 1. The van der Waals surface area contributed by atoms with Crippen molar-refractivity contribution in [2.75, 3.05) is 27.9 Å². The summed E-state index contributed by atoms with van der Waals surface area (Å²) in [4.78, 5) is 15.0. The Morgan fingerprint density at radius 2 is 1.52 bits per heavy atom. The zero-order chi connectivity index (χ0) is 22.2. The van der Waals surface area contributed by atoms with Crippen LogP contribution in [0.4, 0.5) is 4.39 Å². The highest BCUT2D eigenvalue weighted by atomic mass is 19.1. The third kappa shape index (κ3) is 5.54. The molecule has 0 aliphatic heterocycles. The van der Waals surface area contributed by atoms with Gasteiger partial charge in [0.2, 0.25) is 0 Å². The quantitative estimate of drug-likeness (QED) is 0.499. The third-order valence-electron chi connectivity index (χ3n) is 5.05. The van der Waals surface area contributed by atoms with E-state index < -0.39 is 0 Å². The van der Waals surface area contributed by atoms with Gasteiger partial charge in [-0.15, -0.1) is 0 Å². The Labute approximate surface area is 182 Å². The van der Waals surface area contributed by atoms with Gasteiger partial charge in [0.25, 0.3) is 5.91 Å². The minimum atomic E-state index is -0.377. The van der Waals surface area contributed by atoms with Crippen LogP contribution in [0, 0.1) is 5.82 Å². The van der Waals surface area contributed by atoms with Gasteiger partial charge in [0.1, 0.15) is 11.6 Å². The van der Waals surface area contributed by atoms with Crippen molar-refractivity contribution in [3.05, 3.63) is 89.2 Å². The van der Waals surface area contributed by atoms with E-state index in [4.69, 9.17) is 14.2 Å². The molecule has 5 nitrogen and oxygen atoms in total. The number of rotatable bonds is 9. The Balaban J connectivity index is 1.84. The third-order valence-corrected chi connectivity index (χ3v) is 5.05. The first-order valence-electron chi connectivity index (χ1n) is 9.93. The summed E-state index contributed by atoms with van der Waals surface area (Å²) in [6.45, 7) is 0.831. The second-order valence-electron chi connectivity index (χ2n) is 6.98. The van der Waals surface area contributed by atoms with Gasteiger partial charge in [-0.05, 0) is 54.4 Å². The summed E-state index contributed by atoms with van der Waals surface area (Å²) in [5.41, 5.74) is 2.34. The van der Waals surface area contributed by atoms with Crippen LogP contribution in [0.15, 0.2) is 66.7 Å². The topological polar surface area (TPSA) is 48.0 Å². The fraction of sp³-hybridized carbons (Fsp3) is 0.240. The molecule has 0 spiro atoms. The van der Waals surface area contributed by atoms with E-state index in [-0.39, 0.29) is 11.7 Å². The lowest BCUT2D eigenvalue weighted by Gasteiger charge is -2.24. The van der Waals surface area contributed by atoms with E-state index in [0.717, 1.165) is 11.1 Å². The number of halogens is 1. The molecule has 0 N–H and O–H groups in total. The van der Waals surface area contributed by atoms with Crippen molar-refractivity contribution in [1.29, 1.82) is 0 Å². The lowest BCUT2D eigenvalue weighted by atomic mass is 10.1. The van der Waals surface area contributed by atoms with E-state index in [1.165, 1.54) is 24.3 Å². The van der Waals surface area contributed by atoms with Gasteiger partial charge in [-0.3, -0.25) is 4.79 Å². The lowest BCUT2D eigenvalue weighted by molar-refractivity contribution is 0.0744. The lowest BCUT2D eigenvalue weighted by Crippen LogP contribution is -2.32. The van der Waals surface area contributed by atoms with Crippen molar-refractivity contribution >= 4 is 5.91 Å². The molecular formula is C25H26FNO4. The van der Waals surface area contributed by atoms with Crippen molar-refractivity contribution in [3.63, 3.8) is 0 Å². The molecule has 0 saturated carbocycles. The number of methoxy groups -OCH3 is 3. The van der Waals surface area contributed by atoms with Crippen LogP contribution in [0.2, 0.25) is 0 Å². The van der Waals surface area contributed by atoms with E-state index in [1.807, 2.05) is 42.5 Å². The number of carbonyl (C=O) groups excluding carboxylic acids is 1. The normalized spacial score (nSPS) is 10.5. The van der Waals surface area contributed by atoms with Crippen LogP contribution in [0.25, 0.3) is 0 Å². The number of para-hydroxylation sites is 1. The van der Waals surface area contributed by atoms with Gasteiger partial charge in [-0.2, -0.15) is 0 Å². The molecule has 162 valence electrons. The Bertz CT molecular complexity index is 1020. The molecule has 3 aromatic rings. The first-order valence-corrected chi connectivity index (χ1v) is 9.93. The standard InChI is InChI=1S/C25H26FNO4/c1-29-22-7-5-4-6-20(22)17-27(25(28)19-9-11-21(26)12-10-19)15-14-18-8-13-23(30-2)24(16-18)31-3/h4-13,16H,14-15,17H2,1-3H3. The van der Waals surface area contributed by atoms with Crippen molar-refractivity contribution in [2.24, 2.45) is 0 Å². The molecule has 0 fully saturated rings. The van der Waals surface area contributed by atoms with Crippen LogP contribution >= 0.6 is 0 Å².